The van der Waals surface area contributed by atoms with Gasteiger partial charge >= 0.3 is 6.09 Å². The topological polar surface area (TPSA) is 74.4 Å². The first-order valence-electron chi connectivity index (χ1n) is 8.52. The summed E-state index contributed by atoms with van der Waals surface area (Å²) in [7, 11) is 0. The van der Waals surface area contributed by atoms with Gasteiger partial charge in [0.2, 0.25) is 0 Å². The predicted octanol–water partition coefficient (Wildman–Crippen LogP) is 1.20. The summed E-state index contributed by atoms with van der Waals surface area (Å²) < 4.78 is 5.40. The molecule has 0 radical (unpaired) electrons. The van der Waals surface area contributed by atoms with Gasteiger partial charge in [-0.15, -0.1) is 0 Å². The highest BCUT2D eigenvalue weighted by Crippen LogP contribution is 2.11. The van der Waals surface area contributed by atoms with Gasteiger partial charge in [-0.05, 0) is 34.6 Å². The van der Waals surface area contributed by atoms with E-state index in [4.69, 9.17) is 10.5 Å². The Hall–Kier alpha value is -1.50. The van der Waals surface area contributed by atoms with Crippen molar-refractivity contribution in [3.05, 3.63) is 0 Å². The molecule has 2 N–H and O–H groups in total. The summed E-state index contributed by atoms with van der Waals surface area (Å²) in [6, 6.07) is 0. The molecule has 0 saturated carbocycles. The lowest BCUT2D eigenvalue weighted by Crippen LogP contribution is -2.50. The Balaban J connectivity index is 2.32. The number of nitrogens with zero attached hydrogens (tertiary/aromatic N) is 4. The number of ether oxygens (including phenoxy) is 1. The highest BCUT2D eigenvalue weighted by Gasteiger charge is 2.25. The molecule has 1 aliphatic heterocycles. The van der Waals surface area contributed by atoms with Gasteiger partial charge in [0, 0.05) is 45.8 Å². The maximum Gasteiger partial charge on any atom is 0.410 e. The van der Waals surface area contributed by atoms with Gasteiger partial charge in [-0.2, -0.15) is 0 Å². The molecule has 0 aromatic heterocycles. The molecule has 7 heteroatoms. The summed E-state index contributed by atoms with van der Waals surface area (Å²) in [5.41, 5.74) is 5.52. The van der Waals surface area contributed by atoms with Crippen molar-refractivity contribution in [3.63, 3.8) is 0 Å². The highest BCUT2D eigenvalue weighted by molar-refractivity contribution is 5.77. The molecule has 0 aromatic carbocycles. The monoisotopic (exact) mass is 327 g/mol. The van der Waals surface area contributed by atoms with Crippen LogP contribution in [0.4, 0.5) is 4.79 Å². The molecule has 0 unspecified atom stereocenters. The number of guanidine groups is 1. The van der Waals surface area contributed by atoms with Crippen LogP contribution in [-0.2, 0) is 4.74 Å². The molecule has 0 spiro atoms. The molecule has 7 nitrogen and oxygen atoms in total. The van der Waals surface area contributed by atoms with Gasteiger partial charge in [-0.3, -0.25) is 9.89 Å². The molecule has 0 atom stereocenters. The number of carbonyl (C=O) groups is 1. The maximum atomic E-state index is 12.0. The fourth-order valence-electron chi connectivity index (χ4n) is 2.43. The molecular formula is C16H33N5O2. The lowest BCUT2D eigenvalue weighted by molar-refractivity contribution is 0.0148. The molecule has 0 aromatic rings. The fourth-order valence-corrected chi connectivity index (χ4v) is 2.43. The predicted molar refractivity (Wildman–Crippen MR) is 93.7 cm³/mol. The van der Waals surface area contributed by atoms with Crippen LogP contribution in [0, 0.1) is 0 Å². The van der Waals surface area contributed by atoms with Crippen LogP contribution in [0.1, 0.15) is 34.6 Å². The van der Waals surface area contributed by atoms with E-state index in [1.165, 1.54) is 0 Å². The minimum atomic E-state index is -0.440. The third-order valence-electron chi connectivity index (χ3n) is 3.80. The minimum Gasteiger partial charge on any atom is -0.444 e. The van der Waals surface area contributed by atoms with E-state index in [0.29, 0.717) is 25.6 Å². The quantitative estimate of drug-likeness (QED) is 0.606. The first-order chi connectivity index (χ1) is 10.8. The minimum absolute atomic E-state index is 0.221. The molecule has 1 rings (SSSR count). The first-order valence-corrected chi connectivity index (χ1v) is 8.52. The Morgan fingerprint density at radius 2 is 1.74 bits per heavy atom. The van der Waals surface area contributed by atoms with Crippen LogP contribution in [0.5, 0.6) is 0 Å². The lowest BCUT2D eigenvalue weighted by atomic mass is 10.2. The first kappa shape index (κ1) is 19.5. The van der Waals surface area contributed by atoms with Crippen LogP contribution >= 0.6 is 0 Å². The zero-order valence-electron chi connectivity index (χ0n) is 15.3. The van der Waals surface area contributed by atoms with Gasteiger partial charge < -0.3 is 20.3 Å². The molecule has 0 aliphatic carbocycles. The highest BCUT2D eigenvalue weighted by atomic mass is 16.6. The third kappa shape index (κ3) is 7.07. The molecule has 134 valence electrons. The van der Waals surface area contributed by atoms with E-state index in [1.807, 2.05) is 25.7 Å². The van der Waals surface area contributed by atoms with Gasteiger partial charge in [-0.1, -0.05) is 0 Å². The van der Waals surface area contributed by atoms with E-state index < -0.39 is 5.60 Å². The van der Waals surface area contributed by atoms with Crippen molar-refractivity contribution in [1.29, 1.82) is 0 Å². The molecule has 1 aliphatic rings. The van der Waals surface area contributed by atoms with Crippen LogP contribution in [0.2, 0.25) is 0 Å². The van der Waals surface area contributed by atoms with Gasteiger partial charge in [0.25, 0.3) is 0 Å². The van der Waals surface area contributed by atoms with E-state index in [0.717, 1.165) is 32.7 Å². The molecule has 1 heterocycles. The van der Waals surface area contributed by atoms with Crippen molar-refractivity contribution < 1.29 is 9.53 Å². The third-order valence-corrected chi connectivity index (χ3v) is 3.80. The zero-order valence-corrected chi connectivity index (χ0v) is 15.3. The van der Waals surface area contributed by atoms with Crippen molar-refractivity contribution in [2.45, 2.75) is 40.2 Å². The Labute approximate surface area is 140 Å². The Morgan fingerprint density at radius 1 is 1.17 bits per heavy atom. The summed E-state index contributed by atoms with van der Waals surface area (Å²) in [5, 5.41) is 0. The Bertz CT molecular complexity index is 394. The second-order valence-electron chi connectivity index (χ2n) is 6.72. The van der Waals surface area contributed by atoms with E-state index >= 15 is 0 Å². The summed E-state index contributed by atoms with van der Waals surface area (Å²) in [6.07, 6.45) is -0.221. The zero-order chi connectivity index (χ0) is 17.5. The van der Waals surface area contributed by atoms with Crippen molar-refractivity contribution in [3.8, 4) is 0 Å². The molecule has 1 fully saturated rings. The number of rotatable bonds is 5. The maximum absolute atomic E-state index is 12.0. The van der Waals surface area contributed by atoms with Gasteiger partial charge in [0.05, 0.1) is 6.54 Å². The van der Waals surface area contributed by atoms with E-state index in [-0.39, 0.29) is 6.09 Å². The van der Waals surface area contributed by atoms with E-state index in [9.17, 15) is 4.79 Å². The Morgan fingerprint density at radius 3 is 2.22 bits per heavy atom. The van der Waals surface area contributed by atoms with E-state index in [1.54, 1.807) is 4.90 Å². The average molecular weight is 327 g/mol. The van der Waals surface area contributed by atoms with Crippen LogP contribution in [0.15, 0.2) is 4.99 Å². The molecule has 0 bridgehead atoms. The summed E-state index contributed by atoms with van der Waals surface area (Å²) >= 11 is 0. The fraction of sp³-hybridized carbons (Fsp3) is 0.875. The number of hydrogen-bond acceptors (Lipinski definition) is 4. The summed E-state index contributed by atoms with van der Waals surface area (Å²) in [4.78, 5) is 22.6. The van der Waals surface area contributed by atoms with Gasteiger partial charge in [0.1, 0.15) is 5.60 Å². The number of aliphatic imine (C=N–C) groups is 1. The number of hydrogen-bond donors (Lipinski definition) is 1. The Kier molecular flexibility index (Phi) is 7.61. The van der Waals surface area contributed by atoms with E-state index in [2.05, 4.69) is 23.7 Å². The SMILES string of the molecule is CCN(CC)C(N)=NCCN1CCN(C(=O)OC(C)(C)C)CC1. The largest absolute Gasteiger partial charge is 0.444 e. The second kappa shape index (κ2) is 8.96. The number of piperazine rings is 1. The number of carbonyl (C=O) groups excluding carboxylic acids is 1. The second-order valence-corrected chi connectivity index (χ2v) is 6.72. The lowest BCUT2D eigenvalue weighted by Gasteiger charge is -2.35. The molecule has 1 saturated heterocycles. The van der Waals surface area contributed by atoms with Crippen molar-refractivity contribution in [2.24, 2.45) is 10.7 Å². The summed E-state index contributed by atoms with van der Waals surface area (Å²) in [5.74, 6) is 0.613. The van der Waals surface area contributed by atoms with Crippen LogP contribution in [0.25, 0.3) is 0 Å². The molecule has 1 amide bonds. The normalized spacial score (nSPS) is 17.3. The molecular weight excluding hydrogens is 294 g/mol. The van der Waals surface area contributed by atoms with Crippen LogP contribution in [0.3, 0.4) is 0 Å². The average Bonchev–Trinajstić information content (AvgIpc) is 2.47. The molecule has 23 heavy (non-hydrogen) atoms. The van der Waals surface area contributed by atoms with Gasteiger partial charge in [-0.25, -0.2) is 4.79 Å². The summed E-state index contributed by atoms with van der Waals surface area (Å²) in [6.45, 7) is 16.2. The van der Waals surface area contributed by atoms with Crippen LogP contribution in [-0.4, -0.2) is 84.7 Å². The van der Waals surface area contributed by atoms with Gasteiger partial charge in [0.15, 0.2) is 5.96 Å². The number of nitrogens with two attached hydrogens (primary N) is 1. The van der Waals surface area contributed by atoms with Crippen molar-refractivity contribution in [2.75, 3.05) is 52.4 Å². The smallest absolute Gasteiger partial charge is 0.410 e. The number of amides is 1. The van der Waals surface area contributed by atoms with Crippen molar-refractivity contribution >= 4 is 12.1 Å². The standard InChI is InChI=1S/C16H33N5O2/c1-6-20(7-2)14(17)18-8-9-19-10-12-21(13-11-19)15(22)23-16(3,4)5/h6-13H2,1-5H3,(H2,17,18). The van der Waals surface area contributed by atoms with Crippen molar-refractivity contribution in [1.82, 2.24) is 14.7 Å². The van der Waals surface area contributed by atoms with Crippen LogP contribution < -0.4 is 5.73 Å².